The number of aromatic nitrogens is 2. The third kappa shape index (κ3) is 2.95. The zero-order valence-electron chi connectivity index (χ0n) is 10.7. The van der Waals surface area contributed by atoms with E-state index in [0.29, 0.717) is 0 Å². The molecule has 0 saturated heterocycles. The van der Waals surface area contributed by atoms with Crippen molar-refractivity contribution < 1.29 is 0 Å². The maximum absolute atomic E-state index is 4.40. The highest BCUT2D eigenvalue weighted by Crippen LogP contribution is 2.24. The molecule has 0 amide bonds. The minimum Gasteiger partial charge on any atom is -0.366 e. The Balaban J connectivity index is 1.77. The van der Waals surface area contributed by atoms with E-state index in [1.165, 1.54) is 29.7 Å². The summed E-state index contributed by atoms with van der Waals surface area (Å²) in [5.74, 6) is 1.00. The Bertz CT molecular complexity index is 583. The van der Waals surface area contributed by atoms with Crippen molar-refractivity contribution in [2.75, 3.05) is 5.32 Å². The SMILES string of the molecule is Brc1cccc(CNc2ncnc3c2CCCC3)c1. The second kappa shape index (κ2) is 5.70. The molecule has 1 aromatic carbocycles. The molecule has 98 valence electrons. The van der Waals surface area contributed by atoms with Crippen LogP contribution in [0.2, 0.25) is 0 Å². The molecule has 1 aliphatic carbocycles. The Morgan fingerprint density at radius 3 is 2.95 bits per heavy atom. The van der Waals surface area contributed by atoms with Crippen molar-refractivity contribution in [2.45, 2.75) is 32.2 Å². The van der Waals surface area contributed by atoms with E-state index in [1.807, 2.05) is 6.07 Å². The van der Waals surface area contributed by atoms with E-state index in [-0.39, 0.29) is 0 Å². The molecule has 19 heavy (non-hydrogen) atoms. The molecule has 4 heteroatoms. The number of hydrogen-bond donors (Lipinski definition) is 1. The minimum atomic E-state index is 0.795. The molecule has 3 rings (SSSR count). The van der Waals surface area contributed by atoms with Crippen molar-refractivity contribution in [2.24, 2.45) is 0 Å². The lowest BCUT2D eigenvalue weighted by atomic mass is 9.96. The minimum absolute atomic E-state index is 0.795. The first kappa shape index (κ1) is 12.6. The number of fused-ring (bicyclic) bond motifs is 1. The molecule has 1 N–H and O–H groups in total. The molecule has 1 aromatic heterocycles. The number of nitrogens with zero attached hydrogens (tertiary/aromatic N) is 2. The molecule has 1 aliphatic rings. The van der Waals surface area contributed by atoms with Gasteiger partial charge in [-0.3, -0.25) is 0 Å². The largest absolute Gasteiger partial charge is 0.366 e. The maximum Gasteiger partial charge on any atom is 0.133 e. The summed E-state index contributed by atoms with van der Waals surface area (Å²) in [5.41, 5.74) is 3.78. The number of anilines is 1. The van der Waals surface area contributed by atoms with Crippen LogP contribution >= 0.6 is 15.9 Å². The molecule has 0 atom stereocenters. The summed E-state index contributed by atoms with van der Waals surface area (Å²) in [7, 11) is 0. The van der Waals surface area contributed by atoms with E-state index >= 15 is 0 Å². The van der Waals surface area contributed by atoms with Gasteiger partial charge >= 0.3 is 0 Å². The molecule has 0 aliphatic heterocycles. The molecule has 0 radical (unpaired) electrons. The lowest BCUT2D eigenvalue weighted by Gasteiger charge is -2.18. The van der Waals surface area contributed by atoms with Crippen LogP contribution in [0.4, 0.5) is 5.82 Å². The number of halogens is 1. The van der Waals surface area contributed by atoms with E-state index in [0.717, 1.165) is 29.7 Å². The first-order valence-electron chi connectivity index (χ1n) is 6.64. The number of rotatable bonds is 3. The average molecular weight is 318 g/mol. The van der Waals surface area contributed by atoms with Gasteiger partial charge < -0.3 is 5.32 Å². The third-order valence-corrected chi connectivity index (χ3v) is 3.97. The molecule has 2 aromatic rings. The third-order valence-electron chi connectivity index (χ3n) is 3.47. The molecular weight excluding hydrogens is 302 g/mol. The second-order valence-corrected chi connectivity index (χ2v) is 5.75. The Morgan fingerprint density at radius 1 is 1.16 bits per heavy atom. The Labute approximate surface area is 121 Å². The summed E-state index contributed by atoms with van der Waals surface area (Å²) >= 11 is 3.50. The highest BCUT2D eigenvalue weighted by Gasteiger charge is 2.14. The van der Waals surface area contributed by atoms with E-state index in [2.05, 4.69) is 49.4 Å². The average Bonchev–Trinajstić information content (AvgIpc) is 2.45. The number of nitrogens with one attached hydrogen (secondary N) is 1. The fourth-order valence-corrected chi connectivity index (χ4v) is 2.95. The Hall–Kier alpha value is -1.42. The lowest BCUT2D eigenvalue weighted by Crippen LogP contribution is -2.12. The van der Waals surface area contributed by atoms with Crippen LogP contribution < -0.4 is 5.32 Å². The quantitative estimate of drug-likeness (QED) is 0.937. The van der Waals surface area contributed by atoms with Gasteiger partial charge in [-0.05, 0) is 43.4 Å². The van der Waals surface area contributed by atoms with Crippen LogP contribution in [0.25, 0.3) is 0 Å². The molecular formula is C15H16BrN3. The number of benzene rings is 1. The van der Waals surface area contributed by atoms with Gasteiger partial charge in [0.15, 0.2) is 0 Å². The second-order valence-electron chi connectivity index (χ2n) is 4.84. The number of aryl methyl sites for hydroxylation is 1. The summed E-state index contributed by atoms with van der Waals surface area (Å²) < 4.78 is 1.11. The molecule has 3 nitrogen and oxygen atoms in total. The normalized spacial score (nSPS) is 13.9. The van der Waals surface area contributed by atoms with Gasteiger partial charge in [0.2, 0.25) is 0 Å². The van der Waals surface area contributed by atoms with Gasteiger partial charge in [-0.1, -0.05) is 28.1 Å². The van der Waals surface area contributed by atoms with Crippen molar-refractivity contribution >= 4 is 21.7 Å². The van der Waals surface area contributed by atoms with Gasteiger partial charge in [0.05, 0.1) is 0 Å². The van der Waals surface area contributed by atoms with Crippen LogP contribution in [0.5, 0.6) is 0 Å². The zero-order valence-corrected chi connectivity index (χ0v) is 12.3. The topological polar surface area (TPSA) is 37.8 Å². The first-order chi connectivity index (χ1) is 9.33. The molecule has 0 bridgehead atoms. The standard InChI is InChI=1S/C15H16BrN3/c16-12-5-3-4-11(8-12)9-17-15-13-6-1-2-7-14(13)18-10-19-15/h3-5,8,10H,1-2,6-7,9H2,(H,17,18,19). The molecule has 0 unspecified atom stereocenters. The fourth-order valence-electron chi connectivity index (χ4n) is 2.51. The van der Waals surface area contributed by atoms with Crippen molar-refractivity contribution in [3.63, 3.8) is 0 Å². The highest BCUT2D eigenvalue weighted by molar-refractivity contribution is 9.10. The smallest absolute Gasteiger partial charge is 0.133 e. The van der Waals surface area contributed by atoms with Crippen molar-refractivity contribution in [3.8, 4) is 0 Å². The first-order valence-corrected chi connectivity index (χ1v) is 7.43. The van der Waals surface area contributed by atoms with Gasteiger partial charge in [-0.25, -0.2) is 9.97 Å². The van der Waals surface area contributed by atoms with Gasteiger partial charge in [0, 0.05) is 22.3 Å². The predicted octanol–water partition coefficient (Wildman–Crippen LogP) is 3.73. The van der Waals surface area contributed by atoms with Crippen molar-refractivity contribution in [1.82, 2.24) is 9.97 Å². The molecule has 0 spiro atoms. The summed E-state index contributed by atoms with van der Waals surface area (Å²) in [6.45, 7) is 0.795. The van der Waals surface area contributed by atoms with Gasteiger partial charge in [0.25, 0.3) is 0 Å². The van der Waals surface area contributed by atoms with Gasteiger partial charge in [-0.15, -0.1) is 0 Å². The molecule has 1 heterocycles. The molecule has 0 saturated carbocycles. The Kier molecular flexibility index (Phi) is 3.78. The summed E-state index contributed by atoms with van der Waals surface area (Å²) in [6.07, 6.45) is 6.34. The van der Waals surface area contributed by atoms with E-state index < -0.39 is 0 Å². The van der Waals surface area contributed by atoms with Crippen LogP contribution in [-0.4, -0.2) is 9.97 Å². The number of hydrogen-bond acceptors (Lipinski definition) is 3. The van der Waals surface area contributed by atoms with E-state index in [9.17, 15) is 0 Å². The van der Waals surface area contributed by atoms with Gasteiger partial charge in [0.1, 0.15) is 12.1 Å². The van der Waals surface area contributed by atoms with E-state index in [1.54, 1.807) is 6.33 Å². The maximum atomic E-state index is 4.40. The lowest BCUT2D eigenvalue weighted by molar-refractivity contribution is 0.663. The van der Waals surface area contributed by atoms with Crippen LogP contribution in [0.3, 0.4) is 0 Å². The molecule has 0 fully saturated rings. The van der Waals surface area contributed by atoms with Gasteiger partial charge in [-0.2, -0.15) is 0 Å². The van der Waals surface area contributed by atoms with E-state index in [4.69, 9.17) is 0 Å². The van der Waals surface area contributed by atoms with Crippen LogP contribution in [0, 0.1) is 0 Å². The zero-order chi connectivity index (χ0) is 13.1. The summed E-state index contributed by atoms with van der Waals surface area (Å²) in [6, 6.07) is 8.33. The van der Waals surface area contributed by atoms with Crippen LogP contribution in [0.1, 0.15) is 29.7 Å². The predicted molar refractivity (Wildman–Crippen MR) is 80.1 cm³/mol. The highest BCUT2D eigenvalue weighted by atomic mass is 79.9. The summed E-state index contributed by atoms with van der Waals surface area (Å²) in [5, 5.41) is 3.44. The van der Waals surface area contributed by atoms with Crippen LogP contribution in [-0.2, 0) is 19.4 Å². The van der Waals surface area contributed by atoms with Crippen molar-refractivity contribution in [1.29, 1.82) is 0 Å². The summed E-state index contributed by atoms with van der Waals surface area (Å²) in [4.78, 5) is 8.79. The van der Waals surface area contributed by atoms with Crippen molar-refractivity contribution in [3.05, 3.63) is 51.9 Å². The fraction of sp³-hybridized carbons (Fsp3) is 0.333. The monoisotopic (exact) mass is 317 g/mol. The Morgan fingerprint density at radius 2 is 2.05 bits per heavy atom. The van der Waals surface area contributed by atoms with Crippen LogP contribution in [0.15, 0.2) is 35.1 Å².